The highest BCUT2D eigenvalue weighted by atomic mass is 79.9. The quantitative estimate of drug-likeness (QED) is 0.349. The van der Waals surface area contributed by atoms with Gasteiger partial charge in [-0.2, -0.15) is 0 Å². The van der Waals surface area contributed by atoms with Gasteiger partial charge in [0, 0.05) is 23.5 Å². The standard InChI is InChI=1S/C36H40BrN3O7/c1-22(2)39-17-11-5-10-16-28(42)38-20-27(24-14-8-4-9-15-24)46-35(45)29-30-33(43)40(25(21-41)18-23-12-6-3-7-13-23)32(34(39)44)36(30)19-26(37)31(29)47-36/h3-9,11-15,19,22,25,27,29-32,41H,10,16-18,20-21H2,1-2H3,(H,38,42)/b11-5-/t25-,27-,29-,30+,31-,32-,36+/m1/s1. The fraction of sp³-hybridized carbons (Fsp3) is 0.444. The van der Waals surface area contributed by atoms with Crippen LogP contribution in [0.4, 0.5) is 0 Å². The van der Waals surface area contributed by atoms with Gasteiger partial charge in [-0.3, -0.25) is 19.2 Å². The first-order valence-corrected chi connectivity index (χ1v) is 17.0. The summed E-state index contributed by atoms with van der Waals surface area (Å²) >= 11 is 3.59. The Labute approximate surface area is 282 Å². The Bertz CT molecular complexity index is 1560. The van der Waals surface area contributed by atoms with Crippen LogP contribution in [0, 0.1) is 11.8 Å². The van der Waals surface area contributed by atoms with Crippen LogP contribution in [0.3, 0.4) is 0 Å². The highest BCUT2D eigenvalue weighted by Gasteiger charge is 2.75. The molecular weight excluding hydrogens is 666 g/mol. The van der Waals surface area contributed by atoms with Crippen LogP contribution in [0.15, 0.2) is 83.4 Å². The van der Waals surface area contributed by atoms with E-state index in [1.165, 1.54) is 4.90 Å². The predicted octanol–water partition coefficient (Wildman–Crippen LogP) is 3.45. The second kappa shape index (κ2) is 13.7. The number of hydrogen-bond acceptors (Lipinski definition) is 7. The van der Waals surface area contributed by atoms with Gasteiger partial charge in [-0.15, -0.1) is 0 Å². The number of cyclic esters (lactones) is 1. The topological polar surface area (TPSA) is 125 Å². The minimum absolute atomic E-state index is 0.0509. The second-order valence-electron chi connectivity index (χ2n) is 12.8. The first kappa shape index (κ1) is 33.1. The minimum atomic E-state index is -1.47. The molecule has 2 aromatic rings. The highest BCUT2D eigenvalue weighted by Crippen LogP contribution is 2.59. The van der Waals surface area contributed by atoms with Crippen LogP contribution in [0.1, 0.15) is 43.9 Å². The maximum Gasteiger partial charge on any atom is 0.313 e. The van der Waals surface area contributed by atoms with Crippen molar-refractivity contribution in [3.8, 4) is 0 Å². The van der Waals surface area contributed by atoms with Crippen LogP contribution in [0.5, 0.6) is 0 Å². The number of carbonyl (C=O) groups excluding carboxylic acids is 4. The van der Waals surface area contributed by atoms with E-state index in [4.69, 9.17) is 9.47 Å². The second-order valence-corrected chi connectivity index (χ2v) is 13.7. The van der Waals surface area contributed by atoms with Crippen molar-refractivity contribution in [3.05, 3.63) is 94.5 Å². The van der Waals surface area contributed by atoms with Gasteiger partial charge in [0.15, 0.2) is 0 Å². The summed E-state index contributed by atoms with van der Waals surface area (Å²) in [4.78, 5) is 59.6. The molecule has 0 aromatic heterocycles. The molecule has 5 bridgehead atoms. The van der Waals surface area contributed by atoms with Crippen LogP contribution in [0.25, 0.3) is 0 Å². The van der Waals surface area contributed by atoms with E-state index >= 15 is 0 Å². The van der Waals surface area contributed by atoms with Crippen molar-refractivity contribution >= 4 is 39.6 Å². The molecule has 4 heterocycles. The molecule has 10 nitrogen and oxygen atoms in total. The lowest BCUT2D eigenvalue weighted by atomic mass is 9.74. The van der Waals surface area contributed by atoms with Crippen LogP contribution >= 0.6 is 15.9 Å². The van der Waals surface area contributed by atoms with Gasteiger partial charge < -0.3 is 29.7 Å². The van der Waals surface area contributed by atoms with E-state index < -0.39 is 60.2 Å². The summed E-state index contributed by atoms with van der Waals surface area (Å²) in [6.45, 7) is 3.70. The first-order valence-electron chi connectivity index (χ1n) is 16.2. The third-order valence-corrected chi connectivity index (χ3v) is 10.3. The van der Waals surface area contributed by atoms with E-state index in [2.05, 4.69) is 21.2 Å². The van der Waals surface area contributed by atoms with E-state index in [0.29, 0.717) is 22.9 Å². The molecule has 248 valence electrons. The van der Waals surface area contributed by atoms with Gasteiger partial charge in [-0.05, 0) is 43.9 Å². The smallest absolute Gasteiger partial charge is 0.313 e. The number of aliphatic hydroxyl groups is 1. The van der Waals surface area contributed by atoms with E-state index in [9.17, 15) is 24.3 Å². The monoisotopic (exact) mass is 705 g/mol. The number of nitrogens with one attached hydrogen (secondary N) is 1. The molecule has 2 aromatic carbocycles. The minimum Gasteiger partial charge on any atom is -0.455 e. The number of carbonyl (C=O) groups is 4. The molecule has 11 heteroatoms. The van der Waals surface area contributed by atoms with Gasteiger partial charge >= 0.3 is 5.97 Å². The number of likely N-dealkylation sites (tertiary alicyclic amines) is 1. The summed E-state index contributed by atoms with van der Waals surface area (Å²) in [6.07, 6.45) is 4.81. The van der Waals surface area contributed by atoms with Gasteiger partial charge in [0.05, 0.1) is 25.1 Å². The zero-order chi connectivity index (χ0) is 33.3. The summed E-state index contributed by atoms with van der Waals surface area (Å²) in [5.74, 6) is -3.77. The number of rotatable bonds is 6. The molecule has 1 spiro atoms. The van der Waals surface area contributed by atoms with Crippen molar-refractivity contribution in [2.24, 2.45) is 11.8 Å². The maximum atomic E-state index is 14.8. The normalized spacial score (nSPS) is 31.0. The summed E-state index contributed by atoms with van der Waals surface area (Å²) in [5.41, 5.74) is 0.117. The maximum absolute atomic E-state index is 14.8. The molecule has 0 radical (unpaired) electrons. The van der Waals surface area contributed by atoms with E-state index in [0.717, 1.165) is 5.56 Å². The Morgan fingerprint density at radius 2 is 1.70 bits per heavy atom. The average Bonchev–Trinajstić information content (AvgIpc) is 3.66. The van der Waals surface area contributed by atoms with Gasteiger partial charge in [0.1, 0.15) is 29.8 Å². The first-order chi connectivity index (χ1) is 22.7. The lowest BCUT2D eigenvalue weighted by molar-refractivity contribution is -0.160. The molecule has 2 fully saturated rings. The van der Waals surface area contributed by atoms with Gasteiger partial charge in [0.2, 0.25) is 17.7 Å². The van der Waals surface area contributed by atoms with Crippen LogP contribution in [0.2, 0.25) is 0 Å². The SMILES string of the molecule is CC(C)N1C/C=C\CCC(=O)NC[C@H](c2ccccc2)OC(=O)[C@H]2[C@@H]3O[C@@]4(C=C3Br)[C@@H]2C(=O)N([C@@H](CO)Cc2ccccc2)[C@@H]4C1=O. The van der Waals surface area contributed by atoms with Crippen LogP contribution in [-0.4, -0.2) is 88.1 Å². The number of aliphatic hydroxyl groups excluding tert-OH is 1. The Hall–Kier alpha value is -3.80. The van der Waals surface area contributed by atoms with Crippen molar-refractivity contribution in [3.63, 3.8) is 0 Å². The zero-order valence-corrected chi connectivity index (χ0v) is 28.0. The molecule has 0 unspecified atom stereocenters. The molecule has 47 heavy (non-hydrogen) atoms. The van der Waals surface area contributed by atoms with Crippen molar-refractivity contribution in [1.82, 2.24) is 15.1 Å². The number of nitrogens with zero attached hydrogens (tertiary/aromatic N) is 2. The van der Waals surface area contributed by atoms with Gasteiger partial charge in [-0.25, -0.2) is 0 Å². The summed E-state index contributed by atoms with van der Waals surface area (Å²) < 4.78 is 13.3. The fourth-order valence-electron chi connectivity index (χ4n) is 7.38. The predicted molar refractivity (Wildman–Crippen MR) is 177 cm³/mol. The number of ether oxygens (including phenoxy) is 2. The Morgan fingerprint density at radius 1 is 1.00 bits per heavy atom. The average molecular weight is 707 g/mol. The number of allylic oxidation sites excluding steroid dienone is 1. The molecule has 2 N–H and O–H groups in total. The van der Waals surface area contributed by atoms with Crippen molar-refractivity contribution in [2.75, 3.05) is 19.7 Å². The van der Waals surface area contributed by atoms with Crippen molar-refractivity contribution < 1.29 is 33.8 Å². The number of fused-ring (bicyclic) bond motifs is 2. The summed E-state index contributed by atoms with van der Waals surface area (Å²) in [6, 6.07) is 16.5. The van der Waals surface area contributed by atoms with E-state index in [1.54, 1.807) is 11.0 Å². The largest absolute Gasteiger partial charge is 0.455 e. The van der Waals surface area contributed by atoms with Gasteiger partial charge in [-0.1, -0.05) is 88.7 Å². The third kappa shape index (κ3) is 6.16. The molecule has 0 aliphatic carbocycles. The van der Waals surface area contributed by atoms with Gasteiger partial charge in [0.25, 0.3) is 0 Å². The van der Waals surface area contributed by atoms with E-state index in [1.807, 2.05) is 86.7 Å². The van der Waals surface area contributed by atoms with Crippen molar-refractivity contribution in [1.29, 1.82) is 0 Å². The molecule has 6 rings (SSSR count). The van der Waals surface area contributed by atoms with E-state index in [-0.39, 0.29) is 37.4 Å². The Balaban J connectivity index is 1.45. The fourth-order valence-corrected chi connectivity index (χ4v) is 8.11. The number of amides is 3. The highest BCUT2D eigenvalue weighted by molar-refractivity contribution is 9.11. The summed E-state index contributed by atoms with van der Waals surface area (Å²) in [7, 11) is 0. The summed E-state index contributed by atoms with van der Waals surface area (Å²) in [5, 5.41) is 13.6. The number of benzene rings is 2. The third-order valence-electron chi connectivity index (χ3n) is 9.62. The molecule has 2 saturated heterocycles. The molecule has 4 aliphatic heterocycles. The zero-order valence-electron chi connectivity index (χ0n) is 26.5. The molecule has 0 saturated carbocycles. The lowest BCUT2D eigenvalue weighted by Crippen LogP contribution is -2.59. The number of esters is 1. The van der Waals surface area contributed by atoms with Crippen LogP contribution < -0.4 is 5.32 Å². The Kier molecular flexibility index (Phi) is 9.68. The molecule has 4 aliphatic rings. The lowest BCUT2D eigenvalue weighted by Gasteiger charge is -2.40. The van der Waals surface area contributed by atoms with Crippen molar-refractivity contribution in [2.45, 2.75) is 69.0 Å². The van der Waals surface area contributed by atoms with Crippen LogP contribution in [-0.2, 0) is 35.1 Å². The number of halogens is 1. The Morgan fingerprint density at radius 3 is 2.38 bits per heavy atom. The molecule has 7 atom stereocenters. The molecule has 3 amide bonds. The number of hydrogen-bond donors (Lipinski definition) is 2. The molecular formula is C36H40BrN3O7.